The van der Waals surface area contributed by atoms with Crippen molar-refractivity contribution in [3.63, 3.8) is 0 Å². The van der Waals surface area contributed by atoms with Crippen LogP contribution in [0.2, 0.25) is 0 Å². The molecule has 0 N–H and O–H groups in total. The van der Waals surface area contributed by atoms with Gasteiger partial charge in [0, 0.05) is 24.4 Å². The highest BCUT2D eigenvalue weighted by molar-refractivity contribution is 5.90. The quantitative estimate of drug-likeness (QED) is 0.847. The molecule has 4 nitrogen and oxygen atoms in total. The molecule has 2 aliphatic rings. The SMILES string of the molecule is COc1ccc2nc(C3CCCCC3)nc(N3CCCC3)c2c1. The molecule has 0 atom stereocenters. The fraction of sp³-hybridized carbons (Fsp3) is 0.579. The van der Waals surface area contributed by atoms with Crippen molar-refractivity contribution >= 4 is 16.7 Å². The summed E-state index contributed by atoms with van der Waals surface area (Å²) in [7, 11) is 1.72. The Bertz CT molecular complexity index is 688. The third-order valence-electron chi connectivity index (χ3n) is 5.28. The van der Waals surface area contributed by atoms with Gasteiger partial charge in [0.15, 0.2) is 0 Å². The molecule has 23 heavy (non-hydrogen) atoms. The lowest BCUT2D eigenvalue weighted by Gasteiger charge is -2.24. The van der Waals surface area contributed by atoms with Crippen molar-refractivity contribution in [3.05, 3.63) is 24.0 Å². The molecule has 2 heterocycles. The first-order valence-electron chi connectivity index (χ1n) is 8.96. The van der Waals surface area contributed by atoms with Gasteiger partial charge in [0.1, 0.15) is 17.4 Å². The van der Waals surface area contributed by atoms with E-state index in [4.69, 9.17) is 14.7 Å². The smallest absolute Gasteiger partial charge is 0.140 e. The number of fused-ring (bicyclic) bond motifs is 1. The molecule has 0 unspecified atom stereocenters. The minimum Gasteiger partial charge on any atom is -0.497 e. The van der Waals surface area contributed by atoms with Gasteiger partial charge in [0.05, 0.1) is 12.6 Å². The lowest BCUT2D eigenvalue weighted by Crippen LogP contribution is -2.21. The van der Waals surface area contributed by atoms with E-state index in [2.05, 4.69) is 17.0 Å². The van der Waals surface area contributed by atoms with E-state index in [1.165, 1.54) is 44.9 Å². The van der Waals surface area contributed by atoms with Crippen LogP contribution in [0.3, 0.4) is 0 Å². The number of anilines is 1. The topological polar surface area (TPSA) is 38.3 Å². The van der Waals surface area contributed by atoms with Gasteiger partial charge in [-0.1, -0.05) is 19.3 Å². The molecule has 0 radical (unpaired) electrons. The Morgan fingerprint density at radius 2 is 1.78 bits per heavy atom. The van der Waals surface area contributed by atoms with Crippen molar-refractivity contribution in [1.82, 2.24) is 9.97 Å². The summed E-state index contributed by atoms with van der Waals surface area (Å²) in [5.74, 6) is 3.60. The fourth-order valence-electron chi connectivity index (χ4n) is 3.95. The maximum Gasteiger partial charge on any atom is 0.140 e. The van der Waals surface area contributed by atoms with E-state index in [0.717, 1.165) is 41.4 Å². The highest BCUT2D eigenvalue weighted by Crippen LogP contribution is 2.35. The number of rotatable bonds is 3. The molecule has 4 heteroatoms. The predicted octanol–water partition coefficient (Wildman–Crippen LogP) is 4.29. The summed E-state index contributed by atoms with van der Waals surface area (Å²) >= 11 is 0. The number of nitrogens with zero attached hydrogens (tertiary/aromatic N) is 3. The standard InChI is InChI=1S/C19H25N3O/c1-23-15-9-10-17-16(13-15)19(22-11-5-6-12-22)21-18(20-17)14-7-3-2-4-8-14/h9-10,13-14H,2-8,11-12H2,1H3. The number of aromatic nitrogens is 2. The molecular formula is C19H25N3O. The van der Waals surface area contributed by atoms with Gasteiger partial charge in [0.25, 0.3) is 0 Å². The second kappa shape index (κ2) is 6.34. The maximum absolute atomic E-state index is 5.41. The first kappa shape index (κ1) is 14.7. The molecule has 1 saturated heterocycles. The van der Waals surface area contributed by atoms with Gasteiger partial charge in [-0.2, -0.15) is 0 Å². The third kappa shape index (κ3) is 2.87. The summed E-state index contributed by atoms with van der Waals surface area (Å²) in [6.07, 6.45) is 8.98. The van der Waals surface area contributed by atoms with Crippen molar-refractivity contribution in [2.24, 2.45) is 0 Å². The van der Waals surface area contributed by atoms with Gasteiger partial charge in [-0.25, -0.2) is 9.97 Å². The predicted molar refractivity (Wildman–Crippen MR) is 93.4 cm³/mol. The largest absolute Gasteiger partial charge is 0.497 e. The molecule has 2 fully saturated rings. The molecule has 1 aliphatic carbocycles. The number of ether oxygens (including phenoxy) is 1. The summed E-state index contributed by atoms with van der Waals surface area (Å²) in [4.78, 5) is 12.4. The van der Waals surface area contributed by atoms with Crippen LogP contribution in [0.4, 0.5) is 5.82 Å². The molecule has 1 aromatic heterocycles. The van der Waals surface area contributed by atoms with Gasteiger partial charge in [-0.05, 0) is 43.9 Å². The fourth-order valence-corrected chi connectivity index (χ4v) is 3.95. The molecule has 1 aromatic carbocycles. The molecule has 1 aliphatic heterocycles. The van der Waals surface area contributed by atoms with Crippen molar-refractivity contribution < 1.29 is 4.74 Å². The van der Waals surface area contributed by atoms with E-state index in [9.17, 15) is 0 Å². The van der Waals surface area contributed by atoms with E-state index < -0.39 is 0 Å². The molecule has 1 saturated carbocycles. The van der Waals surface area contributed by atoms with Crippen molar-refractivity contribution in [2.75, 3.05) is 25.1 Å². The average molecular weight is 311 g/mol. The molecule has 0 amide bonds. The first-order valence-corrected chi connectivity index (χ1v) is 8.96. The zero-order valence-corrected chi connectivity index (χ0v) is 13.9. The highest BCUT2D eigenvalue weighted by Gasteiger charge is 2.23. The number of hydrogen-bond donors (Lipinski definition) is 0. The summed E-state index contributed by atoms with van der Waals surface area (Å²) in [6.45, 7) is 2.21. The van der Waals surface area contributed by atoms with Crippen LogP contribution < -0.4 is 9.64 Å². The Morgan fingerprint density at radius 3 is 2.52 bits per heavy atom. The zero-order chi connectivity index (χ0) is 15.6. The Labute approximate surface area is 137 Å². The van der Waals surface area contributed by atoms with Crippen LogP contribution in [0.15, 0.2) is 18.2 Å². The van der Waals surface area contributed by atoms with Gasteiger partial charge in [0.2, 0.25) is 0 Å². The van der Waals surface area contributed by atoms with Crippen LogP contribution in [0.1, 0.15) is 56.7 Å². The lowest BCUT2D eigenvalue weighted by atomic mass is 9.88. The number of hydrogen-bond acceptors (Lipinski definition) is 4. The highest BCUT2D eigenvalue weighted by atomic mass is 16.5. The molecule has 122 valence electrons. The van der Waals surface area contributed by atoms with E-state index in [1.54, 1.807) is 7.11 Å². The number of benzene rings is 1. The van der Waals surface area contributed by atoms with Crippen LogP contribution in [0.5, 0.6) is 5.75 Å². The van der Waals surface area contributed by atoms with E-state index >= 15 is 0 Å². The van der Waals surface area contributed by atoms with Crippen LogP contribution in [0, 0.1) is 0 Å². The van der Waals surface area contributed by atoms with Gasteiger partial charge in [-0.3, -0.25) is 0 Å². The molecule has 0 spiro atoms. The second-order valence-corrected chi connectivity index (χ2v) is 6.82. The Hall–Kier alpha value is -1.84. The summed E-state index contributed by atoms with van der Waals surface area (Å²) in [6, 6.07) is 6.18. The van der Waals surface area contributed by atoms with Crippen LogP contribution >= 0.6 is 0 Å². The number of methoxy groups -OCH3 is 1. The lowest BCUT2D eigenvalue weighted by molar-refractivity contribution is 0.415. The molecule has 2 aromatic rings. The summed E-state index contributed by atoms with van der Waals surface area (Å²) in [5, 5.41) is 1.13. The van der Waals surface area contributed by atoms with E-state index in [1.807, 2.05) is 6.07 Å². The van der Waals surface area contributed by atoms with E-state index in [0.29, 0.717) is 5.92 Å². The zero-order valence-electron chi connectivity index (χ0n) is 13.9. The average Bonchev–Trinajstić information content (AvgIpc) is 3.15. The first-order chi connectivity index (χ1) is 11.3. The molecule has 0 bridgehead atoms. The summed E-state index contributed by atoms with van der Waals surface area (Å²) < 4.78 is 5.41. The van der Waals surface area contributed by atoms with Crippen molar-refractivity contribution in [3.8, 4) is 5.75 Å². The van der Waals surface area contributed by atoms with Gasteiger partial charge >= 0.3 is 0 Å². The molecule has 4 rings (SSSR count). The van der Waals surface area contributed by atoms with Crippen LogP contribution in [-0.4, -0.2) is 30.2 Å². The third-order valence-corrected chi connectivity index (χ3v) is 5.28. The van der Waals surface area contributed by atoms with Gasteiger partial charge in [-0.15, -0.1) is 0 Å². The van der Waals surface area contributed by atoms with Crippen molar-refractivity contribution in [2.45, 2.75) is 50.9 Å². The van der Waals surface area contributed by atoms with Crippen LogP contribution in [-0.2, 0) is 0 Å². The van der Waals surface area contributed by atoms with E-state index in [-0.39, 0.29) is 0 Å². The Morgan fingerprint density at radius 1 is 1.00 bits per heavy atom. The molecular weight excluding hydrogens is 286 g/mol. The Balaban J connectivity index is 1.82. The Kier molecular flexibility index (Phi) is 4.06. The normalized spacial score (nSPS) is 19.4. The minimum absolute atomic E-state index is 0.539. The van der Waals surface area contributed by atoms with Crippen LogP contribution in [0.25, 0.3) is 10.9 Å². The van der Waals surface area contributed by atoms with Gasteiger partial charge < -0.3 is 9.64 Å². The maximum atomic E-state index is 5.41. The van der Waals surface area contributed by atoms with Crippen molar-refractivity contribution in [1.29, 1.82) is 0 Å². The second-order valence-electron chi connectivity index (χ2n) is 6.82. The minimum atomic E-state index is 0.539. The monoisotopic (exact) mass is 311 g/mol. The summed E-state index contributed by atoms with van der Waals surface area (Å²) in [5.41, 5.74) is 1.06.